The lowest BCUT2D eigenvalue weighted by atomic mass is 10.1. The summed E-state index contributed by atoms with van der Waals surface area (Å²) in [4.78, 5) is 5.11. The molecule has 0 spiro atoms. The zero-order valence-electron chi connectivity index (χ0n) is 15.6. The van der Waals surface area contributed by atoms with Gasteiger partial charge in [0.25, 0.3) is 0 Å². The molecule has 142 valence electrons. The van der Waals surface area contributed by atoms with E-state index >= 15 is 0 Å². The van der Waals surface area contributed by atoms with Crippen molar-refractivity contribution < 1.29 is 4.42 Å². The molecule has 0 bridgehead atoms. The minimum atomic E-state index is 0.617. The number of thiazole rings is 1. The summed E-state index contributed by atoms with van der Waals surface area (Å²) >= 11 is 8.26. The number of hydrogen-bond acceptors (Lipinski definition) is 3. The smallest absolute Gasteiger partial charge is 0.195 e. The molecule has 0 amide bonds. The molecule has 7 rings (SSSR count). The van der Waals surface area contributed by atoms with Crippen molar-refractivity contribution in [2.45, 2.75) is 0 Å². The van der Waals surface area contributed by atoms with Crippen LogP contribution in [0.1, 0.15) is 0 Å². The second-order valence-corrected chi connectivity index (χ2v) is 8.79. The second kappa shape index (κ2) is 5.85. The highest BCUT2D eigenvalue weighted by Crippen LogP contribution is 2.42. The average molecular weight is 425 g/mol. The van der Waals surface area contributed by atoms with Crippen molar-refractivity contribution in [2.24, 2.45) is 0 Å². The lowest BCUT2D eigenvalue weighted by Gasteiger charge is -2.02. The van der Waals surface area contributed by atoms with Gasteiger partial charge in [0.15, 0.2) is 10.7 Å². The zero-order valence-corrected chi connectivity index (χ0v) is 17.2. The molecule has 0 atom stereocenters. The Morgan fingerprint density at radius 1 is 0.800 bits per heavy atom. The predicted molar refractivity (Wildman–Crippen MR) is 126 cm³/mol. The number of para-hydroxylation sites is 3. The van der Waals surface area contributed by atoms with E-state index in [4.69, 9.17) is 21.0 Å². The topological polar surface area (TPSA) is 31.0 Å². The highest BCUT2D eigenvalue weighted by molar-refractivity contribution is 7.21. The van der Waals surface area contributed by atoms with Gasteiger partial charge < -0.3 is 4.42 Å². The predicted octanol–water partition coefficient (Wildman–Crippen LogP) is 7.95. The van der Waals surface area contributed by atoms with Gasteiger partial charge in [-0.3, -0.25) is 4.57 Å². The van der Waals surface area contributed by atoms with E-state index in [1.165, 1.54) is 10.8 Å². The van der Waals surface area contributed by atoms with Crippen LogP contribution in [0.2, 0.25) is 5.02 Å². The third-order valence-electron chi connectivity index (χ3n) is 5.72. The standard InChI is InChI=1S/C25H13ClN2OS/c26-17-13-21-23(22-16-9-3-6-12-20(16)29-24(17)22)27-25(30-21)28-18-10-4-1-7-14(18)15-8-2-5-11-19(15)28/h1-13H. The Morgan fingerprint density at radius 3 is 2.17 bits per heavy atom. The van der Waals surface area contributed by atoms with Gasteiger partial charge in [0.2, 0.25) is 0 Å². The van der Waals surface area contributed by atoms with Crippen LogP contribution < -0.4 is 0 Å². The van der Waals surface area contributed by atoms with Crippen LogP contribution in [0.5, 0.6) is 0 Å². The fraction of sp³-hybridized carbons (Fsp3) is 0. The molecule has 3 nitrogen and oxygen atoms in total. The lowest BCUT2D eigenvalue weighted by molar-refractivity contribution is 0.669. The molecule has 0 aliphatic heterocycles. The number of nitrogens with zero attached hydrogens (tertiary/aromatic N) is 2. The Labute approximate surface area is 179 Å². The summed E-state index contributed by atoms with van der Waals surface area (Å²) in [5.74, 6) is 0. The molecule has 0 N–H and O–H groups in total. The van der Waals surface area contributed by atoms with E-state index in [-0.39, 0.29) is 0 Å². The summed E-state index contributed by atoms with van der Waals surface area (Å²) in [5, 5.41) is 6.02. The van der Waals surface area contributed by atoms with Crippen LogP contribution in [0.4, 0.5) is 0 Å². The maximum absolute atomic E-state index is 6.61. The molecular weight excluding hydrogens is 412 g/mol. The van der Waals surface area contributed by atoms with Gasteiger partial charge in [-0.15, -0.1) is 0 Å². The summed E-state index contributed by atoms with van der Waals surface area (Å²) in [5.41, 5.74) is 4.76. The minimum Gasteiger partial charge on any atom is -0.454 e. The number of fused-ring (bicyclic) bond motifs is 8. The number of rotatable bonds is 1. The van der Waals surface area contributed by atoms with Crippen LogP contribution in [-0.2, 0) is 0 Å². The van der Waals surface area contributed by atoms with Gasteiger partial charge in [0.05, 0.1) is 31.7 Å². The number of furan rings is 1. The van der Waals surface area contributed by atoms with E-state index in [1.807, 2.05) is 24.3 Å². The fourth-order valence-corrected chi connectivity index (χ4v) is 5.80. The molecule has 0 unspecified atom stereocenters. The highest BCUT2D eigenvalue weighted by Gasteiger charge is 2.20. The molecule has 30 heavy (non-hydrogen) atoms. The monoisotopic (exact) mass is 424 g/mol. The van der Waals surface area contributed by atoms with E-state index in [2.05, 4.69) is 59.2 Å². The largest absolute Gasteiger partial charge is 0.454 e. The van der Waals surface area contributed by atoms with E-state index in [0.717, 1.165) is 42.7 Å². The molecule has 3 aromatic heterocycles. The molecule has 0 fully saturated rings. The van der Waals surface area contributed by atoms with Crippen LogP contribution in [0.15, 0.2) is 83.3 Å². The zero-order chi connectivity index (χ0) is 19.8. The van der Waals surface area contributed by atoms with Crippen molar-refractivity contribution in [1.82, 2.24) is 9.55 Å². The molecule has 0 saturated heterocycles. The Balaban J connectivity index is 1.65. The summed E-state index contributed by atoms with van der Waals surface area (Å²) in [6.45, 7) is 0. The Morgan fingerprint density at radius 2 is 1.43 bits per heavy atom. The molecule has 0 aliphatic carbocycles. The van der Waals surface area contributed by atoms with Crippen LogP contribution in [0, 0.1) is 0 Å². The van der Waals surface area contributed by atoms with Crippen LogP contribution in [0.25, 0.3) is 59.1 Å². The van der Waals surface area contributed by atoms with Crippen molar-refractivity contribution >= 4 is 76.9 Å². The molecule has 3 heterocycles. The molecule has 4 aromatic carbocycles. The number of halogens is 1. The summed E-state index contributed by atoms with van der Waals surface area (Å²) in [6.07, 6.45) is 0. The second-order valence-electron chi connectivity index (χ2n) is 7.37. The first-order valence-electron chi connectivity index (χ1n) is 9.68. The number of benzene rings is 4. The molecule has 0 aliphatic rings. The van der Waals surface area contributed by atoms with Crippen molar-refractivity contribution in [2.75, 3.05) is 0 Å². The first-order chi connectivity index (χ1) is 14.8. The van der Waals surface area contributed by atoms with Gasteiger partial charge in [-0.05, 0) is 24.3 Å². The maximum atomic E-state index is 6.61. The lowest BCUT2D eigenvalue weighted by Crippen LogP contribution is -1.92. The van der Waals surface area contributed by atoms with E-state index in [9.17, 15) is 0 Å². The molecular formula is C25H13ClN2OS. The Bertz CT molecular complexity index is 1720. The summed E-state index contributed by atoms with van der Waals surface area (Å²) in [6, 6.07) is 26.9. The van der Waals surface area contributed by atoms with E-state index < -0.39 is 0 Å². The fourth-order valence-electron chi connectivity index (χ4n) is 4.45. The first-order valence-corrected chi connectivity index (χ1v) is 10.9. The molecule has 0 saturated carbocycles. The third kappa shape index (κ3) is 2.07. The van der Waals surface area contributed by atoms with Crippen LogP contribution >= 0.6 is 22.9 Å². The quantitative estimate of drug-likeness (QED) is 0.267. The van der Waals surface area contributed by atoms with Crippen LogP contribution in [-0.4, -0.2) is 9.55 Å². The van der Waals surface area contributed by atoms with E-state index in [1.54, 1.807) is 11.3 Å². The molecule has 5 heteroatoms. The maximum Gasteiger partial charge on any atom is 0.195 e. The van der Waals surface area contributed by atoms with Crippen molar-refractivity contribution in [3.63, 3.8) is 0 Å². The van der Waals surface area contributed by atoms with E-state index in [0.29, 0.717) is 10.6 Å². The van der Waals surface area contributed by atoms with Crippen molar-refractivity contribution in [3.8, 4) is 5.13 Å². The Hall–Kier alpha value is -3.34. The normalized spacial score (nSPS) is 12.2. The highest BCUT2D eigenvalue weighted by atomic mass is 35.5. The summed E-state index contributed by atoms with van der Waals surface area (Å²) in [7, 11) is 0. The number of aromatic nitrogens is 2. The van der Waals surface area contributed by atoms with Gasteiger partial charge in [-0.2, -0.15) is 0 Å². The van der Waals surface area contributed by atoms with Gasteiger partial charge in [0, 0.05) is 16.2 Å². The SMILES string of the molecule is Clc1cc2sc(-n3c4ccccc4c4ccccc43)nc2c2c1oc1ccccc12. The average Bonchev–Trinajstić information content (AvgIpc) is 3.45. The van der Waals surface area contributed by atoms with Gasteiger partial charge in [0.1, 0.15) is 5.58 Å². The third-order valence-corrected chi connectivity index (χ3v) is 6.99. The van der Waals surface area contributed by atoms with Gasteiger partial charge >= 0.3 is 0 Å². The molecule has 0 radical (unpaired) electrons. The Kier molecular flexibility index (Phi) is 3.21. The summed E-state index contributed by atoms with van der Waals surface area (Å²) < 4.78 is 9.36. The van der Waals surface area contributed by atoms with Crippen LogP contribution in [0.3, 0.4) is 0 Å². The first kappa shape index (κ1) is 16.5. The van der Waals surface area contributed by atoms with Crippen molar-refractivity contribution in [3.05, 3.63) is 83.9 Å². The molecule has 7 aromatic rings. The van der Waals surface area contributed by atoms with Crippen molar-refractivity contribution in [1.29, 1.82) is 0 Å². The number of hydrogen-bond donors (Lipinski definition) is 0. The van der Waals surface area contributed by atoms with Gasteiger partial charge in [-0.1, -0.05) is 77.5 Å². The van der Waals surface area contributed by atoms with Gasteiger partial charge in [-0.25, -0.2) is 4.98 Å². The minimum absolute atomic E-state index is 0.617.